The highest BCUT2D eigenvalue weighted by Crippen LogP contribution is 2.19. The predicted octanol–water partition coefficient (Wildman–Crippen LogP) is 2.81. The molecule has 0 aliphatic heterocycles. The van der Waals surface area contributed by atoms with Crippen molar-refractivity contribution in [1.82, 2.24) is 4.90 Å². The van der Waals surface area contributed by atoms with Crippen molar-refractivity contribution in [3.63, 3.8) is 0 Å². The van der Waals surface area contributed by atoms with Crippen LogP contribution < -0.4 is 5.73 Å². The van der Waals surface area contributed by atoms with Crippen molar-refractivity contribution in [3.8, 4) is 0 Å². The van der Waals surface area contributed by atoms with E-state index in [1.807, 2.05) is 0 Å². The van der Waals surface area contributed by atoms with Gasteiger partial charge in [0.1, 0.15) is 0 Å². The number of benzene rings is 2. The van der Waals surface area contributed by atoms with Gasteiger partial charge in [0.15, 0.2) is 0 Å². The molecule has 1 atom stereocenters. The van der Waals surface area contributed by atoms with Gasteiger partial charge in [-0.3, -0.25) is 4.90 Å². The number of nitrogens with two attached hydrogens (primary N) is 1. The molecule has 0 heterocycles. The average Bonchev–Trinajstić information content (AvgIpc) is 2.50. The lowest BCUT2D eigenvalue weighted by Crippen LogP contribution is -2.34. The van der Waals surface area contributed by atoms with Crippen LogP contribution >= 0.6 is 0 Å². The highest BCUT2D eigenvalue weighted by molar-refractivity contribution is 5.83. The van der Waals surface area contributed by atoms with E-state index in [1.54, 1.807) is 7.11 Å². The van der Waals surface area contributed by atoms with Gasteiger partial charge in [-0.15, -0.1) is 0 Å². The molecule has 3 heteroatoms. The molecule has 0 saturated carbocycles. The fourth-order valence-corrected chi connectivity index (χ4v) is 2.42. The normalized spacial score (nSPS) is 13.0. The molecule has 2 rings (SSSR count). The Balaban J connectivity index is 2.07. The molecule has 0 spiro atoms. The molecule has 0 aliphatic rings. The van der Waals surface area contributed by atoms with Crippen molar-refractivity contribution in [2.24, 2.45) is 5.73 Å². The van der Waals surface area contributed by atoms with Crippen LogP contribution in [0.5, 0.6) is 0 Å². The van der Waals surface area contributed by atoms with Gasteiger partial charge in [0.25, 0.3) is 0 Å². The summed E-state index contributed by atoms with van der Waals surface area (Å²) in [5, 5.41) is 2.51. The van der Waals surface area contributed by atoms with Crippen LogP contribution in [0.1, 0.15) is 18.5 Å². The minimum atomic E-state index is 0.0383. The maximum absolute atomic E-state index is 6.35. The summed E-state index contributed by atoms with van der Waals surface area (Å²) in [5.41, 5.74) is 7.55. The van der Waals surface area contributed by atoms with Crippen molar-refractivity contribution in [2.45, 2.75) is 13.0 Å². The predicted molar refractivity (Wildman–Crippen MR) is 84.9 cm³/mol. The molecule has 2 aromatic rings. The molecular weight excluding hydrogens is 248 g/mol. The Morgan fingerprint density at radius 3 is 2.60 bits per heavy atom. The molecular formula is C17H24N2O. The van der Waals surface area contributed by atoms with E-state index in [0.29, 0.717) is 0 Å². The van der Waals surface area contributed by atoms with Crippen molar-refractivity contribution in [1.29, 1.82) is 0 Å². The molecule has 2 aromatic carbocycles. The largest absolute Gasteiger partial charge is 0.383 e. The molecule has 0 bridgehead atoms. The first-order valence-electron chi connectivity index (χ1n) is 7.20. The number of fused-ring (bicyclic) bond motifs is 1. The van der Waals surface area contributed by atoms with E-state index in [-0.39, 0.29) is 6.04 Å². The topological polar surface area (TPSA) is 38.5 Å². The van der Waals surface area contributed by atoms with E-state index in [0.717, 1.165) is 26.2 Å². The number of rotatable bonds is 7. The van der Waals surface area contributed by atoms with E-state index >= 15 is 0 Å². The van der Waals surface area contributed by atoms with Gasteiger partial charge in [0.05, 0.1) is 6.61 Å². The van der Waals surface area contributed by atoms with Crippen molar-refractivity contribution in [3.05, 3.63) is 48.0 Å². The fraction of sp³-hybridized carbons (Fsp3) is 0.412. The van der Waals surface area contributed by atoms with E-state index in [1.165, 1.54) is 16.3 Å². The van der Waals surface area contributed by atoms with Crippen LogP contribution in [0.15, 0.2) is 42.5 Å². The molecule has 0 saturated heterocycles. The lowest BCUT2D eigenvalue weighted by molar-refractivity contribution is 0.147. The van der Waals surface area contributed by atoms with Crippen LogP contribution in [0.25, 0.3) is 10.8 Å². The first-order chi connectivity index (χ1) is 9.74. The van der Waals surface area contributed by atoms with E-state index < -0.39 is 0 Å². The minimum absolute atomic E-state index is 0.0383. The molecule has 20 heavy (non-hydrogen) atoms. The number of hydrogen-bond acceptors (Lipinski definition) is 3. The van der Waals surface area contributed by atoms with Crippen LogP contribution in [-0.4, -0.2) is 38.3 Å². The van der Waals surface area contributed by atoms with Gasteiger partial charge >= 0.3 is 0 Å². The lowest BCUT2D eigenvalue weighted by Gasteiger charge is -2.24. The van der Waals surface area contributed by atoms with Gasteiger partial charge in [-0.2, -0.15) is 0 Å². The zero-order chi connectivity index (χ0) is 14.4. The maximum atomic E-state index is 6.35. The fourth-order valence-electron chi connectivity index (χ4n) is 2.42. The third-order valence-electron chi connectivity index (χ3n) is 3.72. The van der Waals surface area contributed by atoms with Crippen molar-refractivity contribution in [2.75, 3.05) is 33.4 Å². The number of hydrogen-bond donors (Lipinski definition) is 1. The second kappa shape index (κ2) is 7.39. The van der Waals surface area contributed by atoms with Crippen LogP contribution in [0.4, 0.5) is 0 Å². The SMILES string of the molecule is CCN(CCOC)CC(N)c1ccc2ccccc2c1. The van der Waals surface area contributed by atoms with Gasteiger partial charge in [0.2, 0.25) is 0 Å². The van der Waals surface area contributed by atoms with Crippen LogP contribution in [0, 0.1) is 0 Å². The third-order valence-corrected chi connectivity index (χ3v) is 3.72. The van der Waals surface area contributed by atoms with Crippen LogP contribution in [-0.2, 0) is 4.74 Å². The first kappa shape index (κ1) is 15.0. The van der Waals surface area contributed by atoms with Gasteiger partial charge in [-0.1, -0.05) is 43.3 Å². The zero-order valence-corrected chi connectivity index (χ0v) is 12.4. The Morgan fingerprint density at radius 1 is 1.15 bits per heavy atom. The summed E-state index contributed by atoms with van der Waals surface area (Å²) in [5.74, 6) is 0. The third kappa shape index (κ3) is 3.79. The summed E-state index contributed by atoms with van der Waals surface area (Å²) in [6.45, 7) is 5.68. The summed E-state index contributed by atoms with van der Waals surface area (Å²) < 4.78 is 5.14. The number of methoxy groups -OCH3 is 1. The van der Waals surface area contributed by atoms with Crippen molar-refractivity contribution >= 4 is 10.8 Å². The summed E-state index contributed by atoms with van der Waals surface area (Å²) in [6, 6.07) is 14.9. The number of ether oxygens (including phenoxy) is 1. The first-order valence-corrected chi connectivity index (χ1v) is 7.20. The monoisotopic (exact) mass is 272 g/mol. The molecule has 2 N–H and O–H groups in total. The Hall–Kier alpha value is -1.42. The molecule has 0 aliphatic carbocycles. The zero-order valence-electron chi connectivity index (χ0n) is 12.4. The second-order valence-electron chi connectivity index (χ2n) is 5.10. The van der Waals surface area contributed by atoms with Crippen molar-refractivity contribution < 1.29 is 4.74 Å². The smallest absolute Gasteiger partial charge is 0.0589 e. The minimum Gasteiger partial charge on any atom is -0.383 e. The highest BCUT2D eigenvalue weighted by atomic mass is 16.5. The molecule has 0 radical (unpaired) electrons. The highest BCUT2D eigenvalue weighted by Gasteiger charge is 2.11. The Morgan fingerprint density at radius 2 is 1.90 bits per heavy atom. The average molecular weight is 272 g/mol. The summed E-state index contributed by atoms with van der Waals surface area (Å²) in [6.07, 6.45) is 0. The van der Waals surface area contributed by atoms with Gasteiger partial charge < -0.3 is 10.5 Å². The Kier molecular flexibility index (Phi) is 5.53. The van der Waals surface area contributed by atoms with E-state index in [9.17, 15) is 0 Å². The van der Waals surface area contributed by atoms with E-state index in [4.69, 9.17) is 10.5 Å². The summed E-state index contributed by atoms with van der Waals surface area (Å²) >= 11 is 0. The molecule has 108 valence electrons. The summed E-state index contributed by atoms with van der Waals surface area (Å²) in [7, 11) is 1.73. The van der Waals surface area contributed by atoms with Gasteiger partial charge in [-0.05, 0) is 28.9 Å². The van der Waals surface area contributed by atoms with E-state index in [2.05, 4.69) is 54.3 Å². The molecule has 0 fully saturated rings. The second-order valence-corrected chi connectivity index (χ2v) is 5.10. The van der Waals surface area contributed by atoms with Gasteiger partial charge in [-0.25, -0.2) is 0 Å². The van der Waals surface area contributed by atoms with Crippen LogP contribution in [0.2, 0.25) is 0 Å². The molecule has 0 amide bonds. The van der Waals surface area contributed by atoms with Crippen LogP contribution in [0.3, 0.4) is 0 Å². The maximum Gasteiger partial charge on any atom is 0.0589 e. The Labute approximate surface area is 121 Å². The number of nitrogens with zero attached hydrogens (tertiary/aromatic N) is 1. The van der Waals surface area contributed by atoms with Gasteiger partial charge in [0, 0.05) is 26.2 Å². The molecule has 3 nitrogen and oxygen atoms in total. The summed E-state index contributed by atoms with van der Waals surface area (Å²) in [4.78, 5) is 2.32. The lowest BCUT2D eigenvalue weighted by atomic mass is 10.0. The standard InChI is InChI=1S/C17H24N2O/c1-3-19(10-11-20-2)13-17(18)16-9-8-14-6-4-5-7-15(14)12-16/h4-9,12,17H,3,10-11,13,18H2,1-2H3. The molecule has 0 aromatic heterocycles. The quantitative estimate of drug-likeness (QED) is 0.842. The Bertz CT molecular complexity index is 541. The number of likely N-dealkylation sites (N-methyl/N-ethyl adjacent to an activating group) is 1. The molecule has 1 unspecified atom stereocenters.